The van der Waals surface area contributed by atoms with Gasteiger partial charge in [-0.25, -0.2) is 0 Å². The molecular formula is C30H35NO5. The minimum atomic E-state index is -0.634. The average Bonchev–Trinajstić information content (AvgIpc) is 2.90. The topological polar surface area (TPSA) is 70.0 Å². The SMILES string of the molecule is CC(=N)O[C@@H]1OC(COCc2ccccc2)[C@@H](OCc2ccccc2)C(OCc2ccccc2)C1C. The molecule has 6 heteroatoms. The molecule has 1 N–H and O–H groups in total. The molecule has 190 valence electrons. The molecule has 0 aliphatic carbocycles. The van der Waals surface area contributed by atoms with Gasteiger partial charge in [-0.3, -0.25) is 5.41 Å². The van der Waals surface area contributed by atoms with Crippen molar-refractivity contribution in [3.05, 3.63) is 108 Å². The van der Waals surface area contributed by atoms with Crippen LogP contribution in [-0.2, 0) is 43.5 Å². The number of nitrogens with one attached hydrogen (secondary N) is 1. The molecule has 5 atom stereocenters. The lowest BCUT2D eigenvalue weighted by Crippen LogP contribution is -2.57. The lowest BCUT2D eigenvalue weighted by atomic mass is 9.91. The molecule has 3 aromatic rings. The highest BCUT2D eigenvalue weighted by Crippen LogP contribution is 2.32. The molecule has 1 aliphatic rings. The molecule has 0 bridgehead atoms. The fourth-order valence-corrected chi connectivity index (χ4v) is 4.33. The maximum Gasteiger partial charge on any atom is 0.206 e. The Bertz CT molecular complexity index is 1050. The van der Waals surface area contributed by atoms with E-state index in [0.717, 1.165) is 16.7 Å². The number of hydrogen-bond donors (Lipinski definition) is 1. The lowest BCUT2D eigenvalue weighted by Gasteiger charge is -2.45. The highest BCUT2D eigenvalue weighted by atomic mass is 16.7. The number of rotatable bonds is 11. The first kappa shape index (κ1) is 26.0. The Morgan fingerprint density at radius 1 is 0.722 bits per heavy atom. The van der Waals surface area contributed by atoms with Crippen molar-refractivity contribution < 1.29 is 23.7 Å². The second-order valence-corrected chi connectivity index (χ2v) is 9.10. The molecule has 3 aromatic carbocycles. The van der Waals surface area contributed by atoms with Crippen LogP contribution in [0.25, 0.3) is 0 Å². The maximum atomic E-state index is 7.88. The summed E-state index contributed by atoms with van der Waals surface area (Å²) in [6.45, 7) is 5.26. The smallest absolute Gasteiger partial charge is 0.206 e. The average molecular weight is 490 g/mol. The molecule has 1 aliphatic heterocycles. The third-order valence-electron chi connectivity index (χ3n) is 6.20. The third kappa shape index (κ3) is 7.48. The number of benzene rings is 3. The van der Waals surface area contributed by atoms with Crippen LogP contribution in [0.4, 0.5) is 0 Å². The van der Waals surface area contributed by atoms with Crippen LogP contribution < -0.4 is 0 Å². The van der Waals surface area contributed by atoms with E-state index in [4.69, 9.17) is 29.1 Å². The molecule has 1 heterocycles. The maximum absolute atomic E-state index is 7.88. The monoisotopic (exact) mass is 489 g/mol. The van der Waals surface area contributed by atoms with Gasteiger partial charge in [-0.1, -0.05) is 97.9 Å². The van der Waals surface area contributed by atoms with E-state index in [-0.39, 0.29) is 24.0 Å². The highest BCUT2D eigenvalue weighted by Gasteiger charge is 2.46. The standard InChI is InChI=1S/C30H35NO5/c1-22-28(33-19-25-14-8-4-9-15-25)29(34-20-26-16-10-5-11-17-26)27(36-30(22)35-23(2)31)21-32-18-24-12-6-3-7-13-24/h3-17,22,27-31H,18-21H2,1-2H3/t22?,27?,28?,29-,30-/m1/s1. The second kappa shape index (κ2) is 13.3. The van der Waals surface area contributed by atoms with Crippen LogP contribution in [-0.4, -0.2) is 37.1 Å². The summed E-state index contributed by atoms with van der Waals surface area (Å²) in [5.74, 6) is -0.0681. The molecular weight excluding hydrogens is 454 g/mol. The summed E-state index contributed by atoms with van der Waals surface area (Å²) in [5.41, 5.74) is 3.24. The van der Waals surface area contributed by atoms with Crippen LogP contribution in [0.15, 0.2) is 91.0 Å². The molecule has 3 unspecified atom stereocenters. The van der Waals surface area contributed by atoms with E-state index in [1.165, 1.54) is 0 Å². The van der Waals surface area contributed by atoms with Crippen molar-refractivity contribution in [3.63, 3.8) is 0 Å². The highest BCUT2D eigenvalue weighted by molar-refractivity contribution is 5.69. The quantitative estimate of drug-likeness (QED) is 0.274. The van der Waals surface area contributed by atoms with Crippen molar-refractivity contribution in [2.24, 2.45) is 5.92 Å². The summed E-state index contributed by atoms with van der Waals surface area (Å²) in [4.78, 5) is 0. The summed E-state index contributed by atoms with van der Waals surface area (Å²) in [6, 6.07) is 30.2. The predicted octanol–water partition coefficient (Wildman–Crippen LogP) is 5.75. The zero-order chi connectivity index (χ0) is 25.2. The Kier molecular flexibility index (Phi) is 9.64. The number of hydrogen-bond acceptors (Lipinski definition) is 6. The van der Waals surface area contributed by atoms with Crippen LogP contribution in [0.3, 0.4) is 0 Å². The van der Waals surface area contributed by atoms with Gasteiger partial charge in [0, 0.05) is 12.8 Å². The van der Waals surface area contributed by atoms with Crippen molar-refractivity contribution in [2.75, 3.05) is 6.61 Å². The van der Waals surface area contributed by atoms with Gasteiger partial charge < -0.3 is 23.7 Å². The van der Waals surface area contributed by atoms with E-state index >= 15 is 0 Å². The Morgan fingerprint density at radius 3 is 1.69 bits per heavy atom. The van der Waals surface area contributed by atoms with E-state index in [2.05, 4.69) is 0 Å². The van der Waals surface area contributed by atoms with Gasteiger partial charge in [0.15, 0.2) is 5.90 Å². The Hall–Kier alpha value is -3.03. The fourth-order valence-electron chi connectivity index (χ4n) is 4.33. The van der Waals surface area contributed by atoms with Crippen molar-refractivity contribution in [1.29, 1.82) is 5.41 Å². The molecule has 6 nitrogen and oxygen atoms in total. The van der Waals surface area contributed by atoms with Gasteiger partial charge in [0.05, 0.1) is 32.5 Å². The van der Waals surface area contributed by atoms with E-state index in [1.54, 1.807) is 6.92 Å². The first-order chi connectivity index (χ1) is 17.6. The van der Waals surface area contributed by atoms with Crippen molar-refractivity contribution in [3.8, 4) is 0 Å². The fraction of sp³-hybridized carbons (Fsp3) is 0.367. The molecule has 0 saturated carbocycles. The van der Waals surface area contributed by atoms with Crippen LogP contribution in [0.5, 0.6) is 0 Å². The normalized spacial score (nSPS) is 23.8. The van der Waals surface area contributed by atoms with Gasteiger partial charge in [0.2, 0.25) is 6.29 Å². The third-order valence-corrected chi connectivity index (χ3v) is 6.20. The summed E-state index contributed by atoms with van der Waals surface area (Å²) in [5, 5.41) is 7.88. The Balaban J connectivity index is 1.52. The second-order valence-electron chi connectivity index (χ2n) is 9.10. The first-order valence-electron chi connectivity index (χ1n) is 12.4. The summed E-state index contributed by atoms with van der Waals surface area (Å²) in [7, 11) is 0. The largest absolute Gasteiger partial charge is 0.452 e. The van der Waals surface area contributed by atoms with Gasteiger partial charge in [-0.05, 0) is 16.7 Å². The van der Waals surface area contributed by atoms with Gasteiger partial charge in [-0.2, -0.15) is 0 Å². The van der Waals surface area contributed by atoms with E-state index in [1.807, 2.05) is 97.9 Å². The molecule has 0 radical (unpaired) electrons. The summed E-state index contributed by atoms with van der Waals surface area (Å²) in [6.07, 6.45) is -1.77. The van der Waals surface area contributed by atoms with Gasteiger partial charge in [0.25, 0.3) is 0 Å². The lowest BCUT2D eigenvalue weighted by molar-refractivity contribution is -0.285. The summed E-state index contributed by atoms with van der Waals surface area (Å²) < 4.78 is 31.1. The first-order valence-corrected chi connectivity index (χ1v) is 12.4. The Morgan fingerprint density at radius 2 is 1.19 bits per heavy atom. The van der Waals surface area contributed by atoms with E-state index in [9.17, 15) is 0 Å². The molecule has 0 spiro atoms. The number of ether oxygens (including phenoxy) is 5. The zero-order valence-electron chi connectivity index (χ0n) is 20.9. The van der Waals surface area contributed by atoms with Gasteiger partial charge >= 0.3 is 0 Å². The molecule has 0 amide bonds. The van der Waals surface area contributed by atoms with Crippen LogP contribution in [0.2, 0.25) is 0 Å². The van der Waals surface area contributed by atoms with E-state index < -0.39 is 12.4 Å². The van der Waals surface area contributed by atoms with Crippen LogP contribution in [0.1, 0.15) is 30.5 Å². The van der Waals surface area contributed by atoms with Gasteiger partial charge in [-0.15, -0.1) is 0 Å². The minimum Gasteiger partial charge on any atom is -0.452 e. The van der Waals surface area contributed by atoms with Crippen LogP contribution in [0, 0.1) is 11.3 Å². The van der Waals surface area contributed by atoms with Crippen molar-refractivity contribution in [1.82, 2.24) is 0 Å². The van der Waals surface area contributed by atoms with E-state index in [0.29, 0.717) is 26.4 Å². The van der Waals surface area contributed by atoms with Crippen molar-refractivity contribution in [2.45, 2.75) is 58.3 Å². The minimum absolute atomic E-state index is 0.0984. The molecule has 1 fully saturated rings. The molecule has 1 saturated heterocycles. The summed E-state index contributed by atoms with van der Waals surface area (Å²) >= 11 is 0. The molecule has 4 rings (SSSR count). The predicted molar refractivity (Wildman–Crippen MR) is 138 cm³/mol. The van der Waals surface area contributed by atoms with Crippen molar-refractivity contribution >= 4 is 5.90 Å². The molecule has 36 heavy (non-hydrogen) atoms. The zero-order valence-corrected chi connectivity index (χ0v) is 20.9. The van der Waals surface area contributed by atoms with Gasteiger partial charge in [0.1, 0.15) is 12.2 Å². The van der Waals surface area contributed by atoms with Crippen LogP contribution >= 0.6 is 0 Å². The Labute approximate surface area is 213 Å². The molecule has 0 aromatic heterocycles.